The number of aliphatic hydroxyl groups is 1. The Balaban J connectivity index is 0.000000514. The number of hydrogen-bond donors (Lipinski definition) is 2. The summed E-state index contributed by atoms with van der Waals surface area (Å²) in [6.45, 7) is 14.7. The monoisotopic (exact) mass is 393 g/mol. The topological polar surface area (TPSA) is 61.2 Å². The highest BCUT2D eigenvalue weighted by molar-refractivity contribution is 5.91. The molecule has 160 valence electrons. The minimum absolute atomic E-state index is 0.135. The summed E-state index contributed by atoms with van der Waals surface area (Å²) in [4.78, 5) is 12.4. The molecule has 3 nitrogen and oxygen atoms in total. The zero-order valence-electron chi connectivity index (χ0n) is 18.5. The molecule has 4 aliphatic rings. The lowest BCUT2D eigenvalue weighted by atomic mass is 9.44. The van der Waals surface area contributed by atoms with E-state index in [4.69, 9.17) is 10.5 Å². The smallest absolute Gasteiger partial charge is 0.173 e. The summed E-state index contributed by atoms with van der Waals surface area (Å²) >= 11 is 0. The third-order valence-electron chi connectivity index (χ3n) is 8.18. The van der Waals surface area contributed by atoms with Crippen LogP contribution >= 0.6 is 0 Å². The van der Waals surface area contributed by atoms with Crippen LogP contribution in [0.15, 0.2) is 12.2 Å². The van der Waals surface area contributed by atoms with E-state index in [0.29, 0.717) is 24.2 Å². The van der Waals surface area contributed by atoms with Crippen LogP contribution in [0.25, 0.3) is 0 Å². The highest BCUT2D eigenvalue weighted by Gasteiger charge is 2.63. The quantitative estimate of drug-likeness (QED) is 0.514. The fourth-order valence-electron chi connectivity index (χ4n) is 6.82. The van der Waals surface area contributed by atoms with Crippen molar-refractivity contribution in [1.29, 1.82) is 5.41 Å². The first-order valence-corrected chi connectivity index (χ1v) is 11.2. The number of ketones is 1. The number of rotatable bonds is 0. The molecule has 7 atom stereocenters. The van der Waals surface area contributed by atoms with Crippen LogP contribution in [0.3, 0.4) is 0 Å². The van der Waals surface area contributed by atoms with Crippen LogP contribution < -0.4 is 0 Å². The van der Waals surface area contributed by atoms with Gasteiger partial charge in [0.1, 0.15) is 0 Å². The van der Waals surface area contributed by atoms with Crippen molar-refractivity contribution >= 4 is 11.5 Å². The Morgan fingerprint density at radius 3 is 2.43 bits per heavy atom. The van der Waals surface area contributed by atoms with Gasteiger partial charge in [-0.1, -0.05) is 39.8 Å². The SMILES string of the molecule is C=C1CC2C(CC[C@]3(C)C(=O)C(F)CC23)[C@@]2(C)CCC(=N)CC12.CC.CCO. The molecule has 0 spiro atoms. The van der Waals surface area contributed by atoms with E-state index in [1.165, 1.54) is 5.57 Å². The predicted octanol–water partition coefficient (Wildman–Crippen LogP) is 5.76. The van der Waals surface area contributed by atoms with Gasteiger partial charge < -0.3 is 10.5 Å². The van der Waals surface area contributed by atoms with Crippen molar-refractivity contribution in [2.45, 2.75) is 85.7 Å². The van der Waals surface area contributed by atoms with Crippen molar-refractivity contribution in [1.82, 2.24) is 0 Å². The van der Waals surface area contributed by atoms with Gasteiger partial charge in [0.15, 0.2) is 12.0 Å². The molecule has 0 saturated heterocycles. The van der Waals surface area contributed by atoms with Gasteiger partial charge in [0.25, 0.3) is 0 Å². The molecule has 0 aromatic rings. The van der Waals surface area contributed by atoms with Crippen molar-refractivity contribution in [3.63, 3.8) is 0 Å². The van der Waals surface area contributed by atoms with E-state index in [1.807, 2.05) is 20.8 Å². The van der Waals surface area contributed by atoms with Crippen molar-refractivity contribution in [3.05, 3.63) is 12.2 Å². The Labute approximate surface area is 170 Å². The number of carbonyl (C=O) groups excluding carboxylic acids is 1. The molecule has 0 heterocycles. The second kappa shape index (κ2) is 8.77. The van der Waals surface area contributed by atoms with E-state index in [1.54, 1.807) is 6.92 Å². The molecule has 0 bridgehead atoms. The molecule has 0 aromatic heterocycles. The Morgan fingerprint density at radius 1 is 1.21 bits per heavy atom. The van der Waals surface area contributed by atoms with E-state index in [2.05, 4.69) is 13.5 Å². The van der Waals surface area contributed by atoms with Crippen molar-refractivity contribution in [2.75, 3.05) is 6.61 Å². The molecule has 4 aliphatic carbocycles. The molecular weight excluding hydrogens is 353 g/mol. The fourth-order valence-corrected chi connectivity index (χ4v) is 6.82. The summed E-state index contributed by atoms with van der Waals surface area (Å²) < 4.78 is 14.2. The number of nitrogens with one attached hydrogen (secondary N) is 1. The fraction of sp³-hybridized carbons (Fsp3) is 0.833. The molecule has 4 rings (SSSR count). The Hall–Kier alpha value is -1.03. The number of fused-ring (bicyclic) bond motifs is 5. The van der Waals surface area contributed by atoms with Crippen LogP contribution in [0.4, 0.5) is 4.39 Å². The molecule has 0 radical (unpaired) electrons. The number of carbonyl (C=O) groups is 1. The maximum absolute atomic E-state index is 14.2. The van der Waals surface area contributed by atoms with Crippen molar-refractivity contribution in [2.24, 2.45) is 34.5 Å². The Bertz CT molecular complexity index is 618. The average Bonchev–Trinajstić information content (AvgIpc) is 2.90. The maximum atomic E-state index is 14.2. The van der Waals surface area contributed by atoms with Gasteiger partial charge in [-0.15, -0.1) is 0 Å². The second-order valence-electron chi connectivity index (χ2n) is 9.45. The molecule has 0 aromatic carbocycles. The summed E-state index contributed by atoms with van der Waals surface area (Å²) in [5.74, 6) is 1.47. The van der Waals surface area contributed by atoms with Crippen LogP contribution in [0, 0.1) is 39.9 Å². The summed E-state index contributed by atoms with van der Waals surface area (Å²) in [5.41, 5.74) is 1.89. The van der Waals surface area contributed by atoms with E-state index in [-0.39, 0.29) is 23.7 Å². The molecular formula is C24H40FNO2. The molecule has 4 fully saturated rings. The van der Waals surface area contributed by atoms with Crippen LogP contribution in [-0.4, -0.2) is 29.4 Å². The molecule has 5 unspecified atom stereocenters. The van der Waals surface area contributed by atoms with Gasteiger partial charge in [-0.05, 0) is 81.0 Å². The first kappa shape index (κ1) is 23.3. The Morgan fingerprint density at radius 2 is 1.82 bits per heavy atom. The van der Waals surface area contributed by atoms with Crippen molar-refractivity contribution < 1.29 is 14.3 Å². The number of alkyl halides is 1. The van der Waals surface area contributed by atoms with Gasteiger partial charge in [-0.2, -0.15) is 0 Å². The largest absolute Gasteiger partial charge is 0.397 e. The van der Waals surface area contributed by atoms with Gasteiger partial charge in [0.2, 0.25) is 0 Å². The highest BCUT2D eigenvalue weighted by atomic mass is 19.1. The maximum Gasteiger partial charge on any atom is 0.173 e. The number of hydrogen-bond acceptors (Lipinski definition) is 3. The minimum Gasteiger partial charge on any atom is -0.397 e. The van der Waals surface area contributed by atoms with Crippen molar-refractivity contribution in [3.8, 4) is 0 Å². The summed E-state index contributed by atoms with van der Waals surface area (Å²) in [6.07, 6.45) is 4.85. The zero-order chi connectivity index (χ0) is 21.3. The minimum atomic E-state index is -1.25. The highest BCUT2D eigenvalue weighted by Crippen LogP contribution is 2.66. The lowest BCUT2D eigenvalue weighted by molar-refractivity contribution is -0.136. The lowest BCUT2D eigenvalue weighted by Crippen LogP contribution is -2.54. The number of Topliss-reactive ketones (excluding diaryl/α,β-unsaturated/α-hetero) is 1. The van der Waals surface area contributed by atoms with Gasteiger partial charge >= 0.3 is 0 Å². The first-order chi connectivity index (χ1) is 13.2. The third-order valence-corrected chi connectivity index (χ3v) is 8.18. The van der Waals surface area contributed by atoms with Gasteiger partial charge in [-0.25, -0.2) is 4.39 Å². The normalized spacial score (nSPS) is 44.2. The first-order valence-electron chi connectivity index (χ1n) is 11.2. The Kier molecular flexibility index (Phi) is 7.28. The predicted molar refractivity (Wildman–Crippen MR) is 113 cm³/mol. The van der Waals surface area contributed by atoms with Crippen LogP contribution in [0.1, 0.15) is 79.6 Å². The molecule has 4 heteroatoms. The third kappa shape index (κ3) is 3.62. The standard InChI is InChI=1S/C20H28FNO.C2H6O.C2H6/c1-11-8-13-14(19(2)6-4-12(22)9-15(11)19)5-7-20(3)16(13)10-17(21)18(20)23;1-2-3;1-2/h13-17,22H,1,4-10H2,2-3H3;3H,2H2,1H3;1-2H3/t13?,14?,15?,16?,17?,19-,20+;;/m1../s1. The van der Waals surface area contributed by atoms with Gasteiger partial charge in [0, 0.05) is 17.7 Å². The molecule has 2 N–H and O–H groups in total. The summed E-state index contributed by atoms with van der Waals surface area (Å²) in [7, 11) is 0. The molecule has 0 amide bonds. The number of allylic oxidation sites excluding steroid dienone is 1. The van der Waals surface area contributed by atoms with Gasteiger partial charge in [-0.3, -0.25) is 4.79 Å². The number of aliphatic hydroxyl groups excluding tert-OH is 1. The average molecular weight is 394 g/mol. The molecule has 0 aliphatic heterocycles. The molecule has 28 heavy (non-hydrogen) atoms. The summed E-state index contributed by atoms with van der Waals surface area (Å²) in [6, 6.07) is 0. The summed E-state index contributed by atoms with van der Waals surface area (Å²) in [5, 5.41) is 15.7. The number of halogens is 1. The second-order valence-corrected chi connectivity index (χ2v) is 9.45. The van der Waals surface area contributed by atoms with E-state index in [9.17, 15) is 9.18 Å². The lowest BCUT2D eigenvalue weighted by Gasteiger charge is -2.60. The van der Waals surface area contributed by atoms with E-state index in [0.717, 1.165) is 44.2 Å². The van der Waals surface area contributed by atoms with Crippen LogP contribution in [0.5, 0.6) is 0 Å². The van der Waals surface area contributed by atoms with Crippen LogP contribution in [-0.2, 0) is 4.79 Å². The zero-order valence-corrected chi connectivity index (χ0v) is 18.5. The van der Waals surface area contributed by atoms with E-state index >= 15 is 0 Å². The molecule has 4 saturated carbocycles. The van der Waals surface area contributed by atoms with Gasteiger partial charge in [0.05, 0.1) is 0 Å². The van der Waals surface area contributed by atoms with Crippen LogP contribution in [0.2, 0.25) is 0 Å². The van der Waals surface area contributed by atoms with E-state index < -0.39 is 11.6 Å².